The van der Waals surface area contributed by atoms with Gasteiger partial charge in [0.25, 0.3) is 0 Å². The van der Waals surface area contributed by atoms with Gasteiger partial charge in [-0.05, 0) is 41.8 Å². The molecule has 0 amide bonds. The number of ether oxygens (including phenoxy) is 1. The smallest absolute Gasteiger partial charge is 0.419 e. The van der Waals surface area contributed by atoms with Crippen molar-refractivity contribution in [2.45, 2.75) is 25.1 Å². The summed E-state index contributed by atoms with van der Waals surface area (Å²) >= 11 is 0. The number of hydrogen-bond donors (Lipinski definition) is 1. The van der Waals surface area contributed by atoms with E-state index in [1.165, 1.54) is 12.1 Å². The zero-order chi connectivity index (χ0) is 28.0. The van der Waals surface area contributed by atoms with E-state index in [0.29, 0.717) is 26.1 Å². The molecule has 0 unspecified atom stereocenters. The average molecular weight is 547 g/mol. The van der Waals surface area contributed by atoms with Crippen molar-refractivity contribution in [3.63, 3.8) is 0 Å². The molecule has 0 aliphatic carbocycles. The molecule has 4 aromatic carbocycles. The molecule has 5 aromatic rings. The van der Waals surface area contributed by atoms with Gasteiger partial charge in [0.1, 0.15) is 11.6 Å². The molecule has 0 saturated heterocycles. The van der Waals surface area contributed by atoms with Gasteiger partial charge >= 0.3 is 6.18 Å². The second-order valence-electron chi connectivity index (χ2n) is 9.78. The molecule has 3 nitrogen and oxygen atoms in total. The SMILES string of the molecule is Fc1c(CN(CCCOc2cccc3[nH]ccc23)CC(c2ccccc2)c2ccccc2)cccc1C(F)(F)F. The number of aromatic amines is 1. The molecule has 40 heavy (non-hydrogen) atoms. The van der Waals surface area contributed by atoms with Gasteiger partial charge in [-0.2, -0.15) is 13.2 Å². The third-order valence-corrected chi connectivity index (χ3v) is 7.05. The lowest BCUT2D eigenvalue weighted by Gasteiger charge is -2.29. The molecule has 0 radical (unpaired) electrons. The van der Waals surface area contributed by atoms with E-state index in [1.54, 1.807) is 0 Å². The quantitative estimate of drug-likeness (QED) is 0.133. The Morgan fingerprint density at radius 3 is 2.12 bits per heavy atom. The van der Waals surface area contributed by atoms with Crippen LogP contribution in [0.25, 0.3) is 10.9 Å². The first-order valence-corrected chi connectivity index (χ1v) is 13.3. The minimum absolute atomic E-state index is 0.0210. The van der Waals surface area contributed by atoms with Gasteiger partial charge in [0.2, 0.25) is 0 Å². The first-order valence-electron chi connectivity index (χ1n) is 13.3. The zero-order valence-electron chi connectivity index (χ0n) is 21.9. The lowest BCUT2D eigenvalue weighted by atomic mass is 9.90. The summed E-state index contributed by atoms with van der Waals surface area (Å²) in [7, 11) is 0. The van der Waals surface area contributed by atoms with Crippen molar-refractivity contribution in [1.29, 1.82) is 0 Å². The van der Waals surface area contributed by atoms with Gasteiger partial charge < -0.3 is 9.72 Å². The fraction of sp³-hybridized carbons (Fsp3) is 0.212. The number of rotatable bonds is 11. The van der Waals surface area contributed by atoms with E-state index in [-0.39, 0.29) is 18.0 Å². The van der Waals surface area contributed by atoms with Gasteiger partial charge in [-0.1, -0.05) is 78.9 Å². The summed E-state index contributed by atoms with van der Waals surface area (Å²) in [5, 5.41) is 0.985. The predicted molar refractivity (Wildman–Crippen MR) is 150 cm³/mol. The van der Waals surface area contributed by atoms with Crippen molar-refractivity contribution in [3.05, 3.63) is 137 Å². The minimum Gasteiger partial charge on any atom is -0.493 e. The largest absolute Gasteiger partial charge is 0.493 e. The second-order valence-corrected chi connectivity index (χ2v) is 9.78. The second kappa shape index (κ2) is 12.4. The van der Waals surface area contributed by atoms with Crippen molar-refractivity contribution in [1.82, 2.24) is 9.88 Å². The Hall–Kier alpha value is -4.10. The Morgan fingerprint density at radius 1 is 0.775 bits per heavy atom. The van der Waals surface area contributed by atoms with Crippen LogP contribution in [0.1, 0.15) is 34.6 Å². The monoisotopic (exact) mass is 546 g/mol. The van der Waals surface area contributed by atoms with Crippen molar-refractivity contribution >= 4 is 10.9 Å². The van der Waals surface area contributed by atoms with Crippen LogP contribution in [0.15, 0.2) is 109 Å². The number of benzene rings is 4. The molecule has 0 bridgehead atoms. The Morgan fingerprint density at radius 2 is 1.45 bits per heavy atom. The molecule has 0 fully saturated rings. The highest BCUT2D eigenvalue weighted by Gasteiger charge is 2.35. The van der Waals surface area contributed by atoms with Crippen molar-refractivity contribution in [2.75, 3.05) is 19.7 Å². The number of nitrogens with zero attached hydrogens (tertiary/aromatic N) is 1. The van der Waals surface area contributed by atoms with Gasteiger partial charge in [-0.25, -0.2) is 4.39 Å². The molecular weight excluding hydrogens is 516 g/mol. The van der Waals surface area contributed by atoms with Crippen LogP contribution < -0.4 is 4.74 Å². The lowest BCUT2D eigenvalue weighted by Crippen LogP contribution is -2.31. The minimum atomic E-state index is -4.76. The summed E-state index contributed by atoms with van der Waals surface area (Å²) in [6, 6.07) is 31.2. The molecule has 0 aliphatic heterocycles. The fourth-order valence-electron chi connectivity index (χ4n) is 5.08. The lowest BCUT2D eigenvalue weighted by molar-refractivity contribution is -0.140. The molecule has 1 aromatic heterocycles. The zero-order valence-corrected chi connectivity index (χ0v) is 21.9. The Labute approximate surface area is 231 Å². The molecule has 0 saturated carbocycles. The number of alkyl halides is 3. The molecule has 7 heteroatoms. The number of aromatic nitrogens is 1. The Balaban J connectivity index is 1.38. The van der Waals surface area contributed by atoms with Gasteiger partial charge in [0, 0.05) is 48.2 Å². The standard InChI is InChI=1S/C33H30F4N2O/c34-32-26(14-7-15-29(32)33(35,36)37)22-39(20-9-21-40-31-17-8-16-30-27(31)18-19-38-30)23-28(24-10-3-1-4-11-24)25-12-5-2-6-13-25/h1-8,10-19,28,38H,9,20-23H2. The van der Waals surface area contributed by atoms with E-state index in [1.807, 2.05) is 96.0 Å². The average Bonchev–Trinajstić information content (AvgIpc) is 3.45. The highest BCUT2D eigenvalue weighted by Crippen LogP contribution is 2.33. The summed E-state index contributed by atoms with van der Waals surface area (Å²) in [6.45, 7) is 1.46. The van der Waals surface area contributed by atoms with Crippen molar-refractivity contribution < 1.29 is 22.3 Å². The van der Waals surface area contributed by atoms with E-state index in [0.717, 1.165) is 33.8 Å². The Kier molecular flexibility index (Phi) is 8.51. The van der Waals surface area contributed by atoms with E-state index in [2.05, 4.69) is 4.98 Å². The van der Waals surface area contributed by atoms with Crippen molar-refractivity contribution in [2.24, 2.45) is 0 Å². The van der Waals surface area contributed by atoms with Gasteiger partial charge in [-0.15, -0.1) is 0 Å². The maximum absolute atomic E-state index is 15.1. The van der Waals surface area contributed by atoms with Crippen LogP contribution in [0, 0.1) is 5.82 Å². The van der Waals surface area contributed by atoms with Crippen LogP contribution in [0.3, 0.4) is 0 Å². The van der Waals surface area contributed by atoms with Crippen LogP contribution >= 0.6 is 0 Å². The molecule has 1 heterocycles. The first-order chi connectivity index (χ1) is 19.4. The van der Waals surface area contributed by atoms with Crippen LogP contribution in [0.2, 0.25) is 0 Å². The third kappa shape index (κ3) is 6.54. The number of H-pyrrole nitrogens is 1. The van der Waals surface area contributed by atoms with E-state index < -0.39 is 17.6 Å². The number of hydrogen-bond acceptors (Lipinski definition) is 2. The molecular formula is C33H30F4N2O. The normalized spacial score (nSPS) is 11.9. The van der Waals surface area contributed by atoms with Crippen LogP contribution in [0.4, 0.5) is 17.6 Å². The number of halogens is 4. The fourth-order valence-corrected chi connectivity index (χ4v) is 5.08. The topological polar surface area (TPSA) is 28.3 Å². The number of nitrogens with one attached hydrogen (secondary N) is 1. The summed E-state index contributed by atoms with van der Waals surface area (Å²) in [5.41, 5.74) is 1.92. The van der Waals surface area contributed by atoms with Crippen LogP contribution in [-0.2, 0) is 12.7 Å². The number of fused-ring (bicyclic) bond motifs is 1. The highest BCUT2D eigenvalue weighted by atomic mass is 19.4. The van der Waals surface area contributed by atoms with E-state index in [4.69, 9.17) is 4.74 Å². The molecule has 1 N–H and O–H groups in total. The van der Waals surface area contributed by atoms with E-state index >= 15 is 4.39 Å². The summed E-state index contributed by atoms with van der Waals surface area (Å²) in [4.78, 5) is 5.18. The van der Waals surface area contributed by atoms with Gasteiger partial charge in [0.05, 0.1) is 12.2 Å². The van der Waals surface area contributed by atoms with Crippen molar-refractivity contribution in [3.8, 4) is 5.75 Å². The molecule has 206 valence electrons. The first kappa shape index (κ1) is 27.5. The molecule has 0 atom stereocenters. The van der Waals surface area contributed by atoms with Crippen LogP contribution in [0.5, 0.6) is 5.75 Å². The molecule has 5 rings (SSSR count). The maximum atomic E-state index is 15.1. The molecule has 0 aliphatic rings. The van der Waals surface area contributed by atoms with E-state index in [9.17, 15) is 13.2 Å². The van der Waals surface area contributed by atoms with Crippen LogP contribution in [-0.4, -0.2) is 29.6 Å². The Bertz CT molecular complexity index is 1480. The highest BCUT2D eigenvalue weighted by molar-refractivity contribution is 5.85. The van der Waals surface area contributed by atoms with Gasteiger partial charge in [-0.3, -0.25) is 4.90 Å². The summed E-state index contributed by atoms with van der Waals surface area (Å²) < 4.78 is 61.5. The summed E-state index contributed by atoms with van der Waals surface area (Å²) in [5.74, 6) is -0.502. The predicted octanol–water partition coefficient (Wildman–Crippen LogP) is 8.43. The maximum Gasteiger partial charge on any atom is 0.419 e. The third-order valence-electron chi connectivity index (χ3n) is 7.05. The summed E-state index contributed by atoms with van der Waals surface area (Å²) in [6.07, 6.45) is -2.29. The molecule has 0 spiro atoms. The van der Waals surface area contributed by atoms with Gasteiger partial charge in [0.15, 0.2) is 0 Å².